The molecule has 1 saturated carbocycles. The Morgan fingerprint density at radius 3 is 2.53 bits per heavy atom. The van der Waals surface area contributed by atoms with Crippen molar-refractivity contribution in [3.8, 4) is 0 Å². The van der Waals surface area contributed by atoms with Gasteiger partial charge in [0.15, 0.2) is 0 Å². The highest BCUT2D eigenvalue weighted by Gasteiger charge is 2.29. The lowest BCUT2D eigenvalue weighted by molar-refractivity contribution is -0.384. The van der Waals surface area contributed by atoms with Crippen molar-refractivity contribution in [2.75, 3.05) is 6.54 Å². The summed E-state index contributed by atoms with van der Waals surface area (Å²) in [4.78, 5) is 10.2. The number of nitro groups is 1. The molecular weight excluding hydrogens is 216 g/mol. The van der Waals surface area contributed by atoms with Crippen LogP contribution in [0.25, 0.3) is 0 Å². The van der Waals surface area contributed by atoms with Crippen LogP contribution in [0.3, 0.4) is 0 Å². The number of benzene rings is 1. The van der Waals surface area contributed by atoms with Gasteiger partial charge in [-0.3, -0.25) is 10.1 Å². The Labute approximate surface area is 101 Å². The molecule has 0 heterocycles. The molecule has 1 N–H and O–H groups in total. The molecular formula is C13H18N2O2. The summed E-state index contributed by atoms with van der Waals surface area (Å²) < 4.78 is 0. The monoisotopic (exact) mass is 234 g/mol. The van der Waals surface area contributed by atoms with E-state index in [0.29, 0.717) is 12.0 Å². The highest BCUT2D eigenvalue weighted by Crippen LogP contribution is 2.37. The molecule has 0 radical (unpaired) electrons. The van der Waals surface area contributed by atoms with Crippen molar-refractivity contribution < 1.29 is 4.92 Å². The molecule has 1 aliphatic carbocycles. The molecule has 0 unspecified atom stereocenters. The van der Waals surface area contributed by atoms with Gasteiger partial charge in [-0.1, -0.05) is 19.1 Å². The maximum atomic E-state index is 10.5. The van der Waals surface area contributed by atoms with Gasteiger partial charge in [-0.2, -0.15) is 0 Å². The Morgan fingerprint density at radius 1 is 1.35 bits per heavy atom. The number of nitro benzene ring substituents is 1. The van der Waals surface area contributed by atoms with Crippen molar-refractivity contribution in [3.05, 3.63) is 39.9 Å². The van der Waals surface area contributed by atoms with Gasteiger partial charge in [0.25, 0.3) is 5.69 Å². The highest BCUT2D eigenvalue weighted by atomic mass is 16.6. The maximum Gasteiger partial charge on any atom is 0.269 e. The predicted octanol–water partition coefficient (Wildman–Crippen LogP) is 2.84. The first-order valence-corrected chi connectivity index (χ1v) is 6.18. The zero-order valence-corrected chi connectivity index (χ0v) is 10.1. The van der Waals surface area contributed by atoms with Gasteiger partial charge in [-0.05, 0) is 37.3 Å². The molecule has 0 aliphatic heterocycles. The summed E-state index contributed by atoms with van der Waals surface area (Å²) in [7, 11) is 0. The molecule has 0 spiro atoms. The minimum atomic E-state index is -0.351. The summed E-state index contributed by atoms with van der Waals surface area (Å²) in [6, 6.07) is 7.61. The van der Waals surface area contributed by atoms with E-state index in [0.717, 1.165) is 19.4 Å². The zero-order chi connectivity index (χ0) is 12.3. The quantitative estimate of drug-likeness (QED) is 0.629. The van der Waals surface area contributed by atoms with Crippen LogP contribution >= 0.6 is 0 Å². The molecule has 92 valence electrons. The van der Waals surface area contributed by atoms with Crippen molar-refractivity contribution in [3.63, 3.8) is 0 Å². The maximum absolute atomic E-state index is 10.5. The van der Waals surface area contributed by atoms with Gasteiger partial charge in [0, 0.05) is 18.2 Å². The van der Waals surface area contributed by atoms with E-state index < -0.39 is 0 Å². The summed E-state index contributed by atoms with van der Waals surface area (Å²) in [6.07, 6.45) is 3.47. The molecule has 1 aromatic rings. The van der Waals surface area contributed by atoms with Gasteiger partial charge >= 0.3 is 0 Å². The lowest BCUT2D eigenvalue weighted by Gasteiger charge is -2.36. The fraction of sp³-hybridized carbons (Fsp3) is 0.538. The number of rotatable bonds is 5. The SMILES string of the molecule is CCCNC1CC(c2ccc([N+](=O)[O-])cc2)C1. The van der Waals surface area contributed by atoms with Crippen molar-refractivity contribution in [2.24, 2.45) is 0 Å². The molecule has 2 rings (SSSR count). The van der Waals surface area contributed by atoms with Gasteiger partial charge in [0.1, 0.15) is 0 Å². The Kier molecular flexibility index (Phi) is 3.74. The molecule has 0 aromatic heterocycles. The number of non-ortho nitro benzene ring substituents is 1. The molecule has 17 heavy (non-hydrogen) atoms. The average Bonchev–Trinajstić information content (AvgIpc) is 2.28. The van der Waals surface area contributed by atoms with Gasteiger partial charge < -0.3 is 5.32 Å². The molecule has 4 heteroatoms. The van der Waals surface area contributed by atoms with Crippen LogP contribution < -0.4 is 5.32 Å². The number of hydrogen-bond acceptors (Lipinski definition) is 3. The topological polar surface area (TPSA) is 55.2 Å². The van der Waals surface area contributed by atoms with E-state index in [4.69, 9.17) is 0 Å². The van der Waals surface area contributed by atoms with Gasteiger partial charge in [0.05, 0.1) is 4.92 Å². The fourth-order valence-electron chi connectivity index (χ4n) is 2.27. The predicted molar refractivity (Wildman–Crippen MR) is 67.2 cm³/mol. The summed E-state index contributed by atoms with van der Waals surface area (Å²) in [5.74, 6) is 0.574. The van der Waals surface area contributed by atoms with E-state index in [1.54, 1.807) is 12.1 Å². The minimum Gasteiger partial charge on any atom is -0.314 e. The second-order valence-electron chi connectivity index (χ2n) is 4.67. The van der Waals surface area contributed by atoms with Gasteiger partial charge in [-0.25, -0.2) is 0 Å². The first-order chi connectivity index (χ1) is 8.20. The van der Waals surface area contributed by atoms with Crippen LogP contribution in [0.2, 0.25) is 0 Å². The standard InChI is InChI=1S/C13H18N2O2/c1-2-7-14-12-8-11(9-12)10-3-5-13(6-4-10)15(16)17/h3-6,11-12,14H,2,7-9H2,1H3. The molecule has 0 atom stereocenters. The van der Waals surface area contributed by atoms with Crippen LogP contribution in [0.1, 0.15) is 37.7 Å². The average molecular weight is 234 g/mol. The van der Waals surface area contributed by atoms with Crippen LogP contribution in [0.15, 0.2) is 24.3 Å². The molecule has 0 bridgehead atoms. The zero-order valence-electron chi connectivity index (χ0n) is 10.1. The summed E-state index contributed by atoms with van der Waals surface area (Å²) in [5.41, 5.74) is 1.40. The Morgan fingerprint density at radius 2 is 2.00 bits per heavy atom. The summed E-state index contributed by atoms with van der Waals surface area (Å²) >= 11 is 0. The Bertz CT molecular complexity index is 383. The van der Waals surface area contributed by atoms with Crippen LogP contribution in [0.5, 0.6) is 0 Å². The summed E-state index contributed by atoms with van der Waals surface area (Å²) in [5, 5.41) is 14.0. The second-order valence-corrected chi connectivity index (χ2v) is 4.67. The lowest BCUT2D eigenvalue weighted by atomic mass is 9.76. The van der Waals surface area contributed by atoms with E-state index >= 15 is 0 Å². The van der Waals surface area contributed by atoms with Crippen molar-refractivity contribution in [1.82, 2.24) is 5.32 Å². The van der Waals surface area contributed by atoms with E-state index in [1.165, 1.54) is 12.0 Å². The van der Waals surface area contributed by atoms with Crippen molar-refractivity contribution >= 4 is 5.69 Å². The first-order valence-electron chi connectivity index (χ1n) is 6.18. The van der Waals surface area contributed by atoms with E-state index in [2.05, 4.69) is 12.2 Å². The van der Waals surface area contributed by atoms with Crippen LogP contribution in [0.4, 0.5) is 5.69 Å². The van der Waals surface area contributed by atoms with Crippen molar-refractivity contribution in [1.29, 1.82) is 0 Å². The van der Waals surface area contributed by atoms with E-state index in [-0.39, 0.29) is 10.6 Å². The third kappa shape index (κ3) is 2.82. The summed E-state index contributed by atoms with van der Waals surface area (Å²) in [6.45, 7) is 3.25. The molecule has 4 nitrogen and oxygen atoms in total. The fourth-order valence-corrected chi connectivity index (χ4v) is 2.27. The van der Waals surface area contributed by atoms with Crippen molar-refractivity contribution in [2.45, 2.75) is 38.1 Å². The van der Waals surface area contributed by atoms with Gasteiger partial charge in [0.2, 0.25) is 0 Å². The smallest absolute Gasteiger partial charge is 0.269 e. The third-order valence-corrected chi connectivity index (χ3v) is 3.40. The largest absolute Gasteiger partial charge is 0.314 e. The van der Waals surface area contributed by atoms with E-state index in [9.17, 15) is 10.1 Å². The molecule has 1 fully saturated rings. The van der Waals surface area contributed by atoms with Crippen LogP contribution in [-0.2, 0) is 0 Å². The molecule has 0 saturated heterocycles. The van der Waals surface area contributed by atoms with Crippen LogP contribution in [0, 0.1) is 10.1 Å². The number of hydrogen-bond donors (Lipinski definition) is 1. The third-order valence-electron chi connectivity index (χ3n) is 3.40. The first kappa shape index (κ1) is 12.0. The highest BCUT2D eigenvalue weighted by molar-refractivity contribution is 5.35. The Balaban J connectivity index is 1.86. The second kappa shape index (κ2) is 5.27. The Hall–Kier alpha value is -1.42. The number of nitrogens with one attached hydrogen (secondary N) is 1. The molecule has 0 amide bonds. The van der Waals surface area contributed by atoms with Crippen LogP contribution in [-0.4, -0.2) is 17.5 Å². The normalized spacial score (nSPS) is 23.1. The number of nitrogens with zero attached hydrogens (tertiary/aromatic N) is 1. The minimum absolute atomic E-state index is 0.175. The van der Waals surface area contributed by atoms with E-state index in [1.807, 2.05) is 12.1 Å². The molecule has 1 aromatic carbocycles. The lowest BCUT2D eigenvalue weighted by Crippen LogP contribution is -2.40. The molecule has 1 aliphatic rings. The van der Waals surface area contributed by atoms with Gasteiger partial charge in [-0.15, -0.1) is 0 Å².